The van der Waals surface area contributed by atoms with Crippen LogP contribution in [0.25, 0.3) is 0 Å². The first-order valence-electron chi connectivity index (χ1n) is 6.69. The highest BCUT2D eigenvalue weighted by Crippen LogP contribution is 2.30. The van der Waals surface area contributed by atoms with E-state index >= 15 is 0 Å². The van der Waals surface area contributed by atoms with Gasteiger partial charge in [0.25, 0.3) is 5.91 Å². The minimum absolute atomic E-state index is 0.0215. The summed E-state index contributed by atoms with van der Waals surface area (Å²) in [5.74, 6) is 0.113. The molecule has 0 N–H and O–H groups in total. The van der Waals surface area contributed by atoms with Gasteiger partial charge in [-0.3, -0.25) is 4.79 Å². The second kappa shape index (κ2) is 5.72. The van der Waals surface area contributed by atoms with Crippen LogP contribution < -0.4 is 4.74 Å². The average molecular weight is 344 g/mol. The number of amides is 1. The molecule has 0 bridgehead atoms. The van der Waals surface area contributed by atoms with Gasteiger partial charge in [0.05, 0.1) is 4.47 Å². The zero-order chi connectivity index (χ0) is 14.9. The van der Waals surface area contributed by atoms with Gasteiger partial charge in [0.15, 0.2) is 6.10 Å². The van der Waals surface area contributed by atoms with Gasteiger partial charge in [0.1, 0.15) is 11.6 Å². The Bertz CT molecular complexity index is 519. The van der Waals surface area contributed by atoms with E-state index in [0.29, 0.717) is 10.2 Å². The molecule has 1 unspecified atom stereocenters. The van der Waals surface area contributed by atoms with Crippen molar-refractivity contribution in [1.29, 1.82) is 0 Å². The largest absolute Gasteiger partial charge is 0.480 e. The molecule has 1 fully saturated rings. The summed E-state index contributed by atoms with van der Waals surface area (Å²) in [5.41, 5.74) is 0.172. The van der Waals surface area contributed by atoms with Crippen molar-refractivity contribution in [2.45, 2.75) is 33.3 Å². The lowest BCUT2D eigenvalue weighted by molar-refractivity contribution is -0.137. The number of hydrogen-bond acceptors (Lipinski definition) is 2. The fraction of sp³-hybridized carbons (Fsp3) is 0.533. The highest BCUT2D eigenvalue weighted by atomic mass is 79.9. The lowest BCUT2D eigenvalue weighted by Crippen LogP contribution is -2.39. The van der Waals surface area contributed by atoms with E-state index < -0.39 is 6.10 Å². The molecule has 1 aromatic carbocycles. The molecule has 0 spiro atoms. The van der Waals surface area contributed by atoms with E-state index in [-0.39, 0.29) is 17.1 Å². The topological polar surface area (TPSA) is 29.5 Å². The predicted octanol–water partition coefficient (Wildman–Crippen LogP) is 3.61. The second-order valence-electron chi connectivity index (χ2n) is 6.01. The standard InChI is InChI=1S/C15H19BrFNO2/c1-10(14(19)18-7-6-15(2,3)9-18)20-13-5-4-11(17)8-12(13)16/h4-5,8,10H,6-7,9H2,1-3H3. The van der Waals surface area contributed by atoms with E-state index in [0.717, 1.165) is 19.5 Å². The molecule has 5 heteroatoms. The summed E-state index contributed by atoms with van der Waals surface area (Å²) in [7, 11) is 0. The zero-order valence-corrected chi connectivity index (χ0v) is 13.5. The Labute approximate surface area is 127 Å². The molecule has 0 saturated carbocycles. The van der Waals surface area contributed by atoms with Crippen LogP contribution >= 0.6 is 15.9 Å². The zero-order valence-electron chi connectivity index (χ0n) is 12.0. The van der Waals surface area contributed by atoms with Crippen LogP contribution in [0.15, 0.2) is 22.7 Å². The van der Waals surface area contributed by atoms with Crippen molar-refractivity contribution in [3.63, 3.8) is 0 Å². The third-order valence-corrected chi connectivity index (χ3v) is 4.15. The van der Waals surface area contributed by atoms with E-state index in [2.05, 4.69) is 29.8 Å². The maximum Gasteiger partial charge on any atom is 0.263 e. The molecule has 1 aliphatic rings. The minimum Gasteiger partial charge on any atom is -0.480 e. The van der Waals surface area contributed by atoms with Crippen molar-refractivity contribution in [2.24, 2.45) is 5.41 Å². The molecule has 110 valence electrons. The van der Waals surface area contributed by atoms with Gasteiger partial charge in [-0.1, -0.05) is 13.8 Å². The van der Waals surface area contributed by atoms with E-state index in [1.165, 1.54) is 18.2 Å². The Morgan fingerprint density at radius 2 is 2.20 bits per heavy atom. The summed E-state index contributed by atoms with van der Waals surface area (Å²) in [6.07, 6.45) is 0.428. The molecular weight excluding hydrogens is 325 g/mol. The summed E-state index contributed by atoms with van der Waals surface area (Å²) < 4.78 is 19.2. The third kappa shape index (κ3) is 3.51. The summed E-state index contributed by atoms with van der Waals surface area (Å²) in [6.45, 7) is 7.56. The first-order chi connectivity index (χ1) is 9.28. The van der Waals surface area contributed by atoms with Crippen LogP contribution in [0.1, 0.15) is 27.2 Å². The molecule has 20 heavy (non-hydrogen) atoms. The molecule has 1 atom stereocenters. The minimum atomic E-state index is -0.578. The molecule has 1 heterocycles. The lowest BCUT2D eigenvalue weighted by atomic mass is 9.93. The Kier molecular flexibility index (Phi) is 4.37. The SMILES string of the molecule is CC(Oc1ccc(F)cc1Br)C(=O)N1CCC(C)(C)C1. The number of likely N-dealkylation sites (tertiary alicyclic amines) is 1. The highest BCUT2D eigenvalue weighted by molar-refractivity contribution is 9.10. The number of ether oxygens (including phenoxy) is 1. The molecule has 1 aliphatic heterocycles. The monoisotopic (exact) mass is 343 g/mol. The molecular formula is C15H19BrFNO2. The van der Waals surface area contributed by atoms with E-state index in [1.54, 1.807) is 6.92 Å². The van der Waals surface area contributed by atoms with Crippen LogP contribution in [0.2, 0.25) is 0 Å². The van der Waals surface area contributed by atoms with Crippen molar-refractivity contribution in [1.82, 2.24) is 4.90 Å². The maximum atomic E-state index is 13.0. The second-order valence-corrected chi connectivity index (χ2v) is 6.86. The third-order valence-electron chi connectivity index (χ3n) is 3.53. The molecule has 1 amide bonds. The van der Waals surface area contributed by atoms with Gasteiger partial charge >= 0.3 is 0 Å². The predicted molar refractivity (Wildman–Crippen MR) is 79.2 cm³/mol. The molecule has 2 rings (SSSR count). The smallest absolute Gasteiger partial charge is 0.263 e. The van der Waals surface area contributed by atoms with Crippen LogP contribution in [-0.2, 0) is 4.79 Å². The Morgan fingerprint density at radius 1 is 1.50 bits per heavy atom. The number of carbonyl (C=O) groups is 1. The molecule has 1 saturated heterocycles. The normalized spacial score (nSPS) is 18.9. The Hall–Kier alpha value is -1.10. The van der Waals surface area contributed by atoms with Gasteiger partial charge in [-0.2, -0.15) is 0 Å². The van der Waals surface area contributed by atoms with Crippen molar-refractivity contribution in [2.75, 3.05) is 13.1 Å². The van der Waals surface area contributed by atoms with Crippen LogP contribution in [0.4, 0.5) is 4.39 Å². The number of hydrogen-bond donors (Lipinski definition) is 0. The van der Waals surface area contributed by atoms with Crippen LogP contribution in [0.3, 0.4) is 0 Å². The Morgan fingerprint density at radius 3 is 2.75 bits per heavy atom. The van der Waals surface area contributed by atoms with Gasteiger partial charge in [0, 0.05) is 13.1 Å². The summed E-state index contributed by atoms with van der Waals surface area (Å²) in [4.78, 5) is 14.2. The van der Waals surface area contributed by atoms with Crippen molar-refractivity contribution in [3.05, 3.63) is 28.5 Å². The number of carbonyl (C=O) groups excluding carboxylic acids is 1. The van der Waals surface area contributed by atoms with E-state index in [9.17, 15) is 9.18 Å². The fourth-order valence-corrected chi connectivity index (χ4v) is 2.81. The highest BCUT2D eigenvalue weighted by Gasteiger charge is 2.34. The van der Waals surface area contributed by atoms with Crippen molar-refractivity contribution < 1.29 is 13.9 Å². The molecule has 1 aromatic rings. The number of nitrogens with zero attached hydrogens (tertiary/aromatic N) is 1. The Balaban J connectivity index is 2.01. The molecule has 3 nitrogen and oxygen atoms in total. The quantitative estimate of drug-likeness (QED) is 0.838. The summed E-state index contributed by atoms with van der Waals surface area (Å²) in [5, 5.41) is 0. The number of halogens is 2. The van der Waals surface area contributed by atoms with E-state index in [1.807, 2.05) is 4.90 Å². The fourth-order valence-electron chi connectivity index (χ4n) is 2.37. The lowest BCUT2D eigenvalue weighted by Gasteiger charge is -2.23. The first-order valence-corrected chi connectivity index (χ1v) is 7.48. The summed E-state index contributed by atoms with van der Waals surface area (Å²) >= 11 is 3.24. The van der Waals surface area contributed by atoms with E-state index in [4.69, 9.17) is 4.74 Å². The maximum absolute atomic E-state index is 13.0. The first kappa shape index (κ1) is 15.3. The van der Waals surface area contributed by atoms with Gasteiger partial charge in [-0.25, -0.2) is 4.39 Å². The summed E-state index contributed by atoms with van der Waals surface area (Å²) in [6, 6.07) is 4.17. The van der Waals surface area contributed by atoms with Gasteiger partial charge in [-0.05, 0) is 52.9 Å². The van der Waals surface area contributed by atoms with Crippen LogP contribution in [-0.4, -0.2) is 30.0 Å². The van der Waals surface area contributed by atoms with Crippen molar-refractivity contribution >= 4 is 21.8 Å². The van der Waals surface area contributed by atoms with Crippen LogP contribution in [0.5, 0.6) is 5.75 Å². The molecule has 0 radical (unpaired) electrons. The van der Waals surface area contributed by atoms with Crippen molar-refractivity contribution in [3.8, 4) is 5.75 Å². The van der Waals surface area contributed by atoms with Crippen LogP contribution in [0, 0.1) is 11.2 Å². The molecule has 0 aliphatic carbocycles. The van der Waals surface area contributed by atoms with Gasteiger partial charge < -0.3 is 9.64 Å². The number of benzene rings is 1. The number of rotatable bonds is 3. The molecule has 0 aromatic heterocycles. The average Bonchev–Trinajstić information content (AvgIpc) is 2.72. The van der Waals surface area contributed by atoms with Gasteiger partial charge in [0.2, 0.25) is 0 Å². The van der Waals surface area contributed by atoms with Gasteiger partial charge in [-0.15, -0.1) is 0 Å².